The smallest absolute Gasteiger partial charge is 0.283 e. The second kappa shape index (κ2) is 11.9. The van der Waals surface area contributed by atoms with E-state index in [2.05, 4.69) is 5.92 Å². The summed E-state index contributed by atoms with van der Waals surface area (Å²) in [7, 11) is -2.39. The third-order valence-corrected chi connectivity index (χ3v) is 7.41. The van der Waals surface area contributed by atoms with Crippen LogP contribution in [0.5, 0.6) is 5.75 Å². The number of amides is 1. The van der Waals surface area contributed by atoms with Gasteiger partial charge in [0.25, 0.3) is 5.91 Å². The summed E-state index contributed by atoms with van der Waals surface area (Å²) in [5.41, 5.74) is 7.07. The highest BCUT2D eigenvalue weighted by Crippen LogP contribution is 2.31. The van der Waals surface area contributed by atoms with E-state index in [0.717, 1.165) is 15.4 Å². The van der Waals surface area contributed by atoms with E-state index in [9.17, 15) is 18.3 Å². The van der Waals surface area contributed by atoms with E-state index in [1.165, 1.54) is 19.2 Å². The Bertz CT molecular complexity index is 1190. The largest absolute Gasteiger partial charge is 0.497 e. The van der Waals surface area contributed by atoms with E-state index >= 15 is 0 Å². The fourth-order valence-electron chi connectivity index (χ4n) is 3.63. The van der Waals surface area contributed by atoms with E-state index in [1.54, 1.807) is 30.3 Å². The molecular weight excluding hydrogens is 472 g/mol. The number of nitrogens with two attached hydrogens (primary N) is 1. The van der Waals surface area contributed by atoms with Crippen molar-refractivity contribution in [1.82, 2.24) is 4.31 Å². The maximum atomic E-state index is 13.0. The summed E-state index contributed by atoms with van der Waals surface area (Å²) >= 11 is 0. The van der Waals surface area contributed by atoms with Gasteiger partial charge in [0.05, 0.1) is 25.2 Å². The molecule has 0 spiro atoms. The molecule has 35 heavy (non-hydrogen) atoms. The molecule has 1 aliphatic heterocycles. The fraction of sp³-hybridized carbons (Fsp3) is 0.320. The van der Waals surface area contributed by atoms with E-state index in [4.69, 9.17) is 26.4 Å². The second-order valence-corrected chi connectivity index (χ2v) is 9.66. The Balaban J connectivity index is 1.68. The number of primary amides is 1. The molecule has 0 aliphatic carbocycles. The summed E-state index contributed by atoms with van der Waals surface area (Å²) in [5.74, 6) is 2.12. The summed E-state index contributed by atoms with van der Waals surface area (Å²) in [6.07, 6.45) is 6.62. The number of rotatable bonds is 11. The van der Waals surface area contributed by atoms with Crippen molar-refractivity contribution in [3.63, 3.8) is 0 Å². The summed E-state index contributed by atoms with van der Waals surface area (Å²) in [6, 6.07) is 13.3. The molecule has 10 heteroatoms. The van der Waals surface area contributed by atoms with Gasteiger partial charge in [0.15, 0.2) is 5.76 Å². The van der Waals surface area contributed by atoms with Gasteiger partial charge in [0, 0.05) is 31.0 Å². The highest BCUT2D eigenvalue weighted by atomic mass is 32.2. The first-order valence-corrected chi connectivity index (χ1v) is 12.3. The molecule has 0 radical (unpaired) electrons. The quantitative estimate of drug-likeness (QED) is 0.448. The zero-order valence-corrected chi connectivity index (χ0v) is 20.1. The van der Waals surface area contributed by atoms with Gasteiger partial charge < -0.3 is 25.1 Å². The zero-order chi connectivity index (χ0) is 25.4. The van der Waals surface area contributed by atoms with Crippen LogP contribution in [-0.4, -0.2) is 63.4 Å². The van der Waals surface area contributed by atoms with E-state index in [0.29, 0.717) is 12.2 Å². The van der Waals surface area contributed by atoms with Crippen molar-refractivity contribution < 1.29 is 32.5 Å². The zero-order valence-electron chi connectivity index (χ0n) is 19.3. The number of aliphatic hydroxyl groups excluding tert-OH is 1. The van der Waals surface area contributed by atoms with E-state index in [1.807, 2.05) is 12.1 Å². The van der Waals surface area contributed by atoms with Gasteiger partial charge >= 0.3 is 0 Å². The van der Waals surface area contributed by atoms with Crippen LogP contribution in [0.4, 0.5) is 0 Å². The van der Waals surface area contributed by atoms with E-state index in [-0.39, 0.29) is 42.9 Å². The lowest BCUT2D eigenvalue weighted by atomic mass is 9.92. The number of methoxy groups -OCH3 is 1. The van der Waals surface area contributed by atoms with Crippen LogP contribution >= 0.6 is 0 Å². The first kappa shape index (κ1) is 26.2. The predicted octanol–water partition coefficient (Wildman–Crippen LogP) is 1.58. The van der Waals surface area contributed by atoms with Crippen molar-refractivity contribution in [3.8, 4) is 18.1 Å². The lowest BCUT2D eigenvalue weighted by Crippen LogP contribution is -2.38. The lowest BCUT2D eigenvalue weighted by molar-refractivity contribution is -0.144. The maximum Gasteiger partial charge on any atom is 0.283 e. The van der Waals surface area contributed by atoms with Gasteiger partial charge in [-0.1, -0.05) is 18.1 Å². The van der Waals surface area contributed by atoms with Crippen molar-refractivity contribution >= 4 is 15.9 Å². The van der Waals surface area contributed by atoms with Gasteiger partial charge in [-0.25, -0.2) is 8.42 Å². The SMILES string of the molecule is C#Cc1ccc([C@H]2C=C(C(N)=O)O[C@@H](OCCN(CCO)S(=O)(=O)c3ccc(OC)cc3)C2)cc1. The number of carbonyl (C=O) groups excluding carboxylic acids is 1. The molecule has 9 nitrogen and oxygen atoms in total. The average molecular weight is 501 g/mol. The topological polar surface area (TPSA) is 128 Å². The molecule has 0 aromatic heterocycles. The molecule has 1 heterocycles. The van der Waals surface area contributed by atoms with Crippen molar-refractivity contribution in [2.75, 3.05) is 33.4 Å². The normalized spacial score (nSPS) is 17.8. The number of carbonyl (C=O) groups is 1. The van der Waals surface area contributed by atoms with Gasteiger partial charge in [-0.05, 0) is 48.0 Å². The monoisotopic (exact) mass is 500 g/mol. The Morgan fingerprint density at radius 2 is 1.89 bits per heavy atom. The maximum absolute atomic E-state index is 13.0. The summed E-state index contributed by atoms with van der Waals surface area (Å²) in [6.45, 7) is -0.541. The minimum atomic E-state index is -3.88. The third-order valence-electron chi connectivity index (χ3n) is 5.50. The Kier molecular flexibility index (Phi) is 8.89. The number of nitrogens with zero attached hydrogens (tertiary/aromatic N) is 1. The van der Waals surface area contributed by atoms with Crippen LogP contribution < -0.4 is 10.5 Å². The van der Waals surface area contributed by atoms with Crippen LogP contribution in [0.25, 0.3) is 0 Å². The number of hydrogen-bond acceptors (Lipinski definition) is 7. The van der Waals surface area contributed by atoms with Crippen molar-refractivity contribution in [1.29, 1.82) is 0 Å². The first-order valence-electron chi connectivity index (χ1n) is 10.9. The number of sulfonamides is 1. The molecule has 0 saturated carbocycles. The van der Waals surface area contributed by atoms with Crippen LogP contribution in [0.15, 0.2) is 65.3 Å². The van der Waals surface area contributed by atoms with Crippen LogP contribution in [-0.2, 0) is 24.3 Å². The number of benzene rings is 2. The Morgan fingerprint density at radius 1 is 1.20 bits per heavy atom. The van der Waals surface area contributed by atoms with E-state index < -0.39 is 22.2 Å². The van der Waals surface area contributed by atoms with Gasteiger partial charge in [0.1, 0.15) is 5.75 Å². The molecule has 2 atom stereocenters. The van der Waals surface area contributed by atoms with Crippen LogP contribution in [0.2, 0.25) is 0 Å². The summed E-state index contributed by atoms with van der Waals surface area (Å²) in [4.78, 5) is 11.9. The Labute approximate surface area is 205 Å². The number of terminal acetylenes is 1. The minimum absolute atomic E-state index is 0.0228. The molecule has 1 amide bonds. The molecule has 0 fully saturated rings. The second-order valence-electron chi connectivity index (χ2n) is 7.73. The van der Waals surface area contributed by atoms with Gasteiger partial charge in [-0.2, -0.15) is 4.31 Å². The third kappa shape index (κ3) is 6.61. The summed E-state index contributed by atoms with van der Waals surface area (Å²) < 4.78 is 43.6. The molecule has 2 aromatic carbocycles. The van der Waals surface area contributed by atoms with Crippen LogP contribution in [0.1, 0.15) is 23.5 Å². The summed E-state index contributed by atoms with van der Waals surface area (Å²) in [5, 5.41) is 9.41. The highest BCUT2D eigenvalue weighted by molar-refractivity contribution is 7.89. The molecule has 3 rings (SSSR count). The molecule has 0 bridgehead atoms. The highest BCUT2D eigenvalue weighted by Gasteiger charge is 2.29. The fourth-order valence-corrected chi connectivity index (χ4v) is 5.05. The Hall–Kier alpha value is -3.36. The standard InChI is InChI=1S/C25H28N2O7S/c1-3-18-4-6-19(7-5-18)20-16-23(25(26)29)34-24(17-20)33-15-13-27(12-14-28)35(30,31)22-10-8-21(32-2)9-11-22/h1,4-11,16,20,24,28H,12-15,17H2,2H3,(H2,26,29)/t20-,24+/m0/s1. The van der Waals surface area contributed by atoms with Gasteiger partial charge in [-0.15, -0.1) is 6.42 Å². The predicted molar refractivity (Wildman–Crippen MR) is 129 cm³/mol. The molecule has 0 unspecified atom stereocenters. The number of hydrogen-bond donors (Lipinski definition) is 2. The Morgan fingerprint density at radius 3 is 2.46 bits per heavy atom. The molecule has 3 N–H and O–H groups in total. The van der Waals surface area contributed by atoms with Gasteiger partial charge in [0.2, 0.25) is 16.3 Å². The van der Waals surface area contributed by atoms with Crippen molar-refractivity contribution in [3.05, 3.63) is 71.5 Å². The first-order chi connectivity index (χ1) is 16.8. The molecule has 186 valence electrons. The van der Waals surface area contributed by atoms with Crippen LogP contribution in [0, 0.1) is 12.3 Å². The average Bonchev–Trinajstić information content (AvgIpc) is 2.88. The van der Waals surface area contributed by atoms with Crippen LogP contribution in [0.3, 0.4) is 0 Å². The number of aliphatic hydroxyl groups is 1. The number of ether oxygens (including phenoxy) is 3. The minimum Gasteiger partial charge on any atom is -0.497 e. The van der Waals surface area contributed by atoms with Crippen molar-refractivity contribution in [2.45, 2.75) is 23.5 Å². The molecular formula is C25H28N2O7S. The van der Waals surface area contributed by atoms with Crippen molar-refractivity contribution in [2.24, 2.45) is 5.73 Å². The molecule has 1 aliphatic rings. The lowest BCUT2D eigenvalue weighted by Gasteiger charge is -2.29. The molecule has 0 saturated heterocycles. The molecule has 2 aromatic rings. The number of allylic oxidation sites excluding steroid dienone is 1. The van der Waals surface area contributed by atoms with Gasteiger partial charge in [-0.3, -0.25) is 4.79 Å².